The summed E-state index contributed by atoms with van der Waals surface area (Å²) in [5.41, 5.74) is 2.54. The van der Waals surface area contributed by atoms with Crippen LogP contribution in [0.5, 0.6) is 0 Å². The second-order valence-corrected chi connectivity index (χ2v) is 11.2. The second-order valence-electron chi connectivity index (χ2n) is 11.2. The summed E-state index contributed by atoms with van der Waals surface area (Å²) < 4.78 is 6.45. The lowest BCUT2D eigenvalue weighted by Crippen LogP contribution is -2.56. The minimum Gasteiger partial charge on any atom is -0.359 e. The molecule has 3 aliphatic heterocycles. The van der Waals surface area contributed by atoms with Gasteiger partial charge in [0, 0.05) is 30.7 Å². The van der Waals surface area contributed by atoms with Crippen LogP contribution in [0.2, 0.25) is 0 Å². The van der Waals surface area contributed by atoms with Gasteiger partial charge in [-0.25, -0.2) is 0 Å². The number of anilines is 1. The maximum absolute atomic E-state index is 14.1. The summed E-state index contributed by atoms with van der Waals surface area (Å²) in [4.78, 5) is 47.4. The van der Waals surface area contributed by atoms with E-state index in [0.29, 0.717) is 5.69 Å². The molecule has 5 atom stereocenters. The summed E-state index contributed by atoms with van der Waals surface area (Å²) in [6, 6.07) is 8.69. The van der Waals surface area contributed by atoms with Crippen LogP contribution in [-0.2, 0) is 25.7 Å². The maximum atomic E-state index is 14.1. The van der Waals surface area contributed by atoms with Crippen molar-refractivity contribution in [3.8, 4) is 0 Å². The van der Waals surface area contributed by atoms with Crippen LogP contribution >= 0.6 is 0 Å². The van der Waals surface area contributed by atoms with Gasteiger partial charge in [-0.15, -0.1) is 0 Å². The van der Waals surface area contributed by atoms with Gasteiger partial charge in [0.15, 0.2) is 0 Å². The van der Waals surface area contributed by atoms with E-state index < -0.39 is 29.6 Å². The second kappa shape index (κ2) is 9.66. The number of carbonyl (C=O) groups is 3. The van der Waals surface area contributed by atoms with E-state index in [9.17, 15) is 14.4 Å². The molecule has 2 saturated heterocycles. The number of likely N-dealkylation sites (tertiary alicyclic amines) is 1. The van der Waals surface area contributed by atoms with Gasteiger partial charge in [0.25, 0.3) is 0 Å². The third kappa shape index (κ3) is 4.11. The molecule has 8 nitrogen and oxygen atoms in total. The van der Waals surface area contributed by atoms with Crippen molar-refractivity contribution in [3.05, 3.63) is 71.6 Å². The Morgan fingerprint density at radius 1 is 1.11 bits per heavy atom. The SMILES string of the molecule is Cc1ccc(NC(=O)[C@H]2[C@H]3C=C[C@]4(O3)[C@H](C(=O)NC3CCCCC3)N(Cc3cccnc3)C(=O)[C@@H]24)cc1C. The topological polar surface area (TPSA) is 101 Å². The van der Waals surface area contributed by atoms with Gasteiger partial charge in [0.1, 0.15) is 11.6 Å². The number of ether oxygens (including phenoxy) is 1. The van der Waals surface area contributed by atoms with Gasteiger partial charge in [-0.05, 0) is 61.6 Å². The molecule has 4 aliphatic rings. The number of nitrogens with zero attached hydrogens (tertiary/aromatic N) is 2. The molecule has 2 aromatic rings. The highest BCUT2D eigenvalue weighted by molar-refractivity contribution is 6.02. The number of rotatable bonds is 6. The fraction of sp³-hybridized carbons (Fsp3) is 0.467. The number of hydrogen-bond acceptors (Lipinski definition) is 5. The van der Waals surface area contributed by atoms with Crippen LogP contribution in [0.15, 0.2) is 54.9 Å². The van der Waals surface area contributed by atoms with Gasteiger partial charge < -0.3 is 20.3 Å². The summed E-state index contributed by atoms with van der Waals surface area (Å²) in [7, 11) is 0. The van der Waals surface area contributed by atoms with Crippen molar-refractivity contribution in [3.63, 3.8) is 0 Å². The molecule has 4 heterocycles. The molecule has 8 heteroatoms. The first-order valence-electron chi connectivity index (χ1n) is 13.6. The molecule has 3 amide bonds. The third-order valence-electron chi connectivity index (χ3n) is 8.73. The van der Waals surface area contributed by atoms with Crippen LogP contribution in [0.4, 0.5) is 5.69 Å². The van der Waals surface area contributed by atoms with Crippen LogP contribution in [0, 0.1) is 25.7 Å². The number of nitrogens with one attached hydrogen (secondary N) is 2. The van der Waals surface area contributed by atoms with Crippen LogP contribution in [0.1, 0.15) is 48.8 Å². The Labute approximate surface area is 222 Å². The molecule has 1 spiro atoms. The maximum Gasteiger partial charge on any atom is 0.246 e. The first kappa shape index (κ1) is 24.8. The van der Waals surface area contributed by atoms with Gasteiger partial charge in [0.05, 0.1) is 17.9 Å². The largest absolute Gasteiger partial charge is 0.359 e. The molecule has 0 unspecified atom stereocenters. The molecule has 0 radical (unpaired) electrons. The van der Waals surface area contributed by atoms with Crippen LogP contribution in [-0.4, -0.2) is 51.4 Å². The molecule has 198 valence electrons. The van der Waals surface area contributed by atoms with Gasteiger partial charge in [-0.1, -0.05) is 43.5 Å². The Kier molecular flexibility index (Phi) is 6.30. The zero-order valence-corrected chi connectivity index (χ0v) is 21.9. The van der Waals surface area contributed by atoms with Gasteiger partial charge in [-0.3, -0.25) is 19.4 Å². The fourth-order valence-electron chi connectivity index (χ4n) is 6.70. The van der Waals surface area contributed by atoms with E-state index in [-0.39, 0.29) is 30.3 Å². The molecule has 1 aromatic heterocycles. The predicted octanol–water partition coefficient (Wildman–Crippen LogP) is 3.44. The van der Waals surface area contributed by atoms with E-state index in [1.54, 1.807) is 17.3 Å². The van der Waals surface area contributed by atoms with E-state index in [1.807, 2.05) is 56.3 Å². The number of fused-ring (bicyclic) bond motifs is 1. The van der Waals surface area contributed by atoms with Crippen molar-refractivity contribution in [2.45, 2.75) is 76.3 Å². The van der Waals surface area contributed by atoms with Crippen LogP contribution < -0.4 is 10.6 Å². The van der Waals surface area contributed by atoms with E-state index >= 15 is 0 Å². The highest BCUT2D eigenvalue weighted by atomic mass is 16.5. The normalized spacial score (nSPS) is 29.9. The number of amides is 3. The fourth-order valence-corrected chi connectivity index (χ4v) is 6.70. The predicted molar refractivity (Wildman–Crippen MR) is 142 cm³/mol. The van der Waals surface area contributed by atoms with Crippen LogP contribution in [0.25, 0.3) is 0 Å². The van der Waals surface area contributed by atoms with Gasteiger partial charge in [-0.2, -0.15) is 0 Å². The molecule has 1 saturated carbocycles. The molecular weight excluding hydrogens is 480 g/mol. The third-order valence-corrected chi connectivity index (χ3v) is 8.73. The van der Waals surface area contributed by atoms with Gasteiger partial charge >= 0.3 is 0 Å². The van der Waals surface area contributed by atoms with Crippen molar-refractivity contribution < 1.29 is 19.1 Å². The van der Waals surface area contributed by atoms with E-state index in [1.165, 1.54) is 6.42 Å². The highest BCUT2D eigenvalue weighted by Gasteiger charge is 2.72. The Balaban J connectivity index is 1.32. The van der Waals surface area contributed by atoms with Crippen molar-refractivity contribution in [2.75, 3.05) is 5.32 Å². The quantitative estimate of drug-likeness (QED) is 0.576. The highest BCUT2D eigenvalue weighted by Crippen LogP contribution is 2.55. The average molecular weight is 515 g/mol. The van der Waals surface area contributed by atoms with E-state index in [0.717, 1.165) is 42.4 Å². The Hall–Kier alpha value is -3.52. The van der Waals surface area contributed by atoms with Crippen molar-refractivity contribution >= 4 is 23.4 Å². The number of pyridine rings is 1. The molecule has 2 bridgehead atoms. The number of carbonyl (C=O) groups excluding carboxylic acids is 3. The monoisotopic (exact) mass is 514 g/mol. The van der Waals surface area contributed by atoms with E-state index in [2.05, 4.69) is 15.6 Å². The summed E-state index contributed by atoms with van der Waals surface area (Å²) in [5, 5.41) is 6.23. The molecule has 2 N–H and O–H groups in total. The molecule has 1 aromatic carbocycles. The Morgan fingerprint density at radius 2 is 1.92 bits per heavy atom. The lowest BCUT2D eigenvalue weighted by molar-refractivity contribution is -0.142. The lowest BCUT2D eigenvalue weighted by atomic mass is 9.74. The molecule has 6 rings (SSSR count). The number of aromatic nitrogens is 1. The van der Waals surface area contributed by atoms with Crippen molar-refractivity contribution in [1.29, 1.82) is 0 Å². The molecule has 1 aliphatic carbocycles. The van der Waals surface area contributed by atoms with E-state index in [4.69, 9.17) is 4.74 Å². The molecule has 3 fully saturated rings. The summed E-state index contributed by atoms with van der Waals surface area (Å²) in [6.45, 7) is 4.24. The number of aryl methyl sites for hydroxylation is 2. The number of hydrogen-bond donors (Lipinski definition) is 2. The zero-order valence-electron chi connectivity index (χ0n) is 21.9. The zero-order chi connectivity index (χ0) is 26.4. The Morgan fingerprint density at radius 3 is 2.66 bits per heavy atom. The Bertz CT molecular complexity index is 1290. The summed E-state index contributed by atoms with van der Waals surface area (Å²) >= 11 is 0. The van der Waals surface area contributed by atoms with Crippen molar-refractivity contribution in [2.24, 2.45) is 11.8 Å². The molecular formula is C30H34N4O4. The molecule has 38 heavy (non-hydrogen) atoms. The lowest BCUT2D eigenvalue weighted by Gasteiger charge is -2.34. The van der Waals surface area contributed by atoms with Gasteiger partial charge in [0.2, 0.25) is 17.7 Å². The average Bonchev–Trinajstić information content (AvgIpc) is 3.55. The minimum absolute atomic E-state index is 0.0912. The summed E-state index contributed by atoms with van der Waals surface area (Å²) in [5.74, 6) is -2.21. The van der Waals surface area contributed by atoms with Crippen molar-refractivity contribution in [1.82, 2.24) is 15.2 Å². The first-order valence-corrected chi connectivity index (χ1v) is 13.6. The number of benzene rings is 1. The minimum atomic E-state index is -1.17. The smallest absolute Gasteiger partial charge is 0.246 e. The van der Waals surface area contributed by atoms with Crippen LogP contribution in [0.3, 0.4) is 0 Å². The first-order chi connectivity index (χ1) is 18.4. The standard InChI is InChI=1S/C30H34N4O4/c1-18-10-11-22(15-19(18)2)33-27(35)24-23-12-13-30(38-23)25(24)29(37)34(17-20-7-6-14-31-16-20)26(30)28(36)32-21-8-4-3-5-9-21/h6-7,10-16,21,23-26H,3-5,8-9,17H2,1-2H3,(H,32,36)(H,33,35)/t23-,24+,25-,26+,30-/m1/s1. The summed E-state index contributed by atoms with van der Waals surface area (Å²) in [6.07, 6.45) is 11.7.